The Labute approximate surface area is 94.5 Å². The van der Waals surface area contributed by atoms with E-state index in [9.17, 15) is 0 Å². The molecular weight excluding hydrogens is 186 g/mol. The molecule has 1 fully saturated rings. The Kier molecular flexibility index (Phi) is 6.26. The van der Waals surface area contributed by atoms with Crippen LogP contribution in [0.2, 0.25) is 0 Å². The summed E-state index contributed by atoms with van der Waals surface area (Å²) in [5.41, 5.74) is 0. The molecule has 2 nitrogen and oxygen atoms in total. The molecule has 0 radical (unpaired) electrons. The fourth-order valence-electron chi connectivity index (χ4n) is 2.66. The van der Waals surface area contributed by atoms with E-state index < -0.39 is 0 Å². The topological polar surface area (TPSA) is 32.3 Å². The van der Waals surface area contributed by atoms with Gasteiger partial charge < -0.3 is 10.4 Å². The number of hydrogen-bond donors (Lipinski definition) is 2. The molecule has 0 bridgehead atoms. The molecule has 0 aromatic rings. The van der Waals surface area contributed by atoms with Gasteiger partial charge in [-0.25, -0.2) is 0 Å². The van der Waals surface area contributed by atoms with E-state index in [4.69, 9.17) is 5.11 Å². The second-order valence-corrected chi connectivity index (χ2v) is 4.96. The third kappa shape index (κ3) is 4.52. The summed E-state index contributed by atoms with van der Waals surface area (Å²) in [6, 6.07) is 0.980. The van der Waals surface area contributed by atoms with Gasteiger partial charge in [0.2, 0.25) is 0 Å². The maximum Gasteiger partial charge on any atom is 0.0584 e. The Morgan fingerprint density at radius 1 is 1.20 bits per heavy atom. The Morgan fingerprint density at radius 2 is 1.87 bits per heavy atom. The van der Waals surface area contributed by atoms with Gasteiger partial charge in [-0.15, -0.1) is 0 Å². The molecule has 1 rings (SSSR count). The Hall–Kier alpha value is -0.0800. The van der Waals surface area contributed by atoms with Crippen molar-refractivity contribution in [2.45, 2.75) is 70.9 Å². The van der Waals surface area contributed by atoms with Crippen molar-refractivity contribution in [2.75, 3.05) is 6.61 Å². The lowest BCUT2D eigenvalue weighted by Crippen LogP contribution is -2.42. The number of hydrogen-bond acceptors (Lipinski definition) is 2. The first kappa shape index (κ1) is 13.0. The van der Waals surface area contributed by atoms with Crippen LogP contribution in [0.4, 0.5) is 0 Å². The van der Waals surface area contributed by atoms with Crippen LogP contribution in [-0.2, 0) is 0 Å². The first-order valence-electron chi connectivity index (χ1n) is 6.67. The van der Waals surface area contributed by atoms with Crippen molar-refractivity contribution in [3.63, 3.8) is 0 Å². The largest absolute Gasteiger partial charge is 0.395 e. The number of rotatable bonds is 6. The number of nitrogens with one attached hydrogen (secondary N) is 1. The fraction of sp³-hybridized carbons (Fsp3) is 1.00. The molecule has 15 heavy (non-hydrogen) atoms. The van der Waals surface area contributed by atoms with Crippen LogP contribution in [0, 0.1) is 5.92 Å². The van der Waals surface area contributed by atoms with Crippen LogP contribution in [0.25, 0.3) is 0 Å². The Balaban J connectivity index is 2.19. The van der Waals surface area contributed by atoms with E-state index >= 15 is 0 Å². The monoisotopic (exact) mass is 213 g/mol. The molecule has 0 heterocycles. The van der Waals surface area contributed by atoms with Crippen molar-refractivity contribution in [1.82, 2.24) is 5.32 Å². The molecule has 0 saturated heterocycles. The summed E-state index contributed by atoms with van der Waals surface area (Å²) >= 11 is 0. The van der Waals surface area contributed by atoms with Gasteiger partial charge in [-0.3, -0.25) is 0 Å². The summed E-state index contributed by atoms with van der Waals surface area (Å²) in [7, 11) is 0. The lowest BCUT2D eigenvalue weighted by atomic mass is 9.83. The number of aliphatic hydroxyl groups excluding tert-OH is 1. The summed E-state index contributed by atoms with van der Waals surface area (Å²) < 4.78 is 0. The number of aliphatic hydroxyl groups is 1. The normalized spacial score (nSPS) is 29.0. The zero-order valence-corrected chi connectivity index (χ0v) is 10.3. The van der Waals surface area contributed by atoms with E-state index in [0.717, 1.165) is 12.3 Å². The average Bonchev–Trinajstić information content (AvgIpc) is 2.28. The van der Waals surface area contributed by atoms with Gasteiger partial charge in [0, 0.05) is 12.1 Å². The predicted octanol–water partition coefficient (Wildman–Crippen LogP) is 2.71. The zero-order valence-electron chi connectivity index (χ0n) is 10.3. The fourth-order valence-corrected chi connectivity index (χ4v) is 2.66. The van der Waals surface area contributed by atoms with Crippen molar-refractivity contribution in [3.8, 4) is 0 Å². The second kappa shape index (κ2) is 7.24. The summed E-state index contributed by atoms with van der Waals surface area (Å²) in [6.45, 7) is 4.70. The molecule has 0 aromatic carbocycles. The first-order chi connectivity index (χ1) is 7.30. The first-order valence-corrected chi connectivity index (χ1v) is 6.67. The molecule has 1 aliphatic rings. The van der Waals surface area contributed by atoms with Crippen molar-refractivity contribution in [1.29, 1.82) is 0 Å². The molecule has 1 aliphatic carbocycles. The van der Waals surface area contributed by atoms with Crippen LogP contribution < -0.4 is 5.32 Å². The SMILES string of the molecule is CCCC1CCC(N[C@@H](CC)CO)CC1. The van der Waals surface area contributed by atoms with E-state index in [-0.39, 0.29) is 6.61 Å². The van der Waals surface area contributed by atoms with Crippen molar-refractivity contribution in [2.24, 2.45) is 5.92 Å². The summed E-state index contributed by atoms with van der Waals surface area (Å²) in [4.78, 5) is 0. The van der Waals surface area contributed by atoms with E-state index in [0.29, 0.717) is 12.1 Å². The second-order valence-electron chi connectivity index (χ2n) is 4.96. The van der Waals surface area contributed by atoms with E-state index in [2.05, 4.69) is 19.2 Å². The molecule has 90 valence electrons. The predicted molar refractivity (Wildman–Crippen MR) is 65.0 cm³/mol. The van der Waals surface area contributed by atoms with Crippen molar-refractivity contribution >= 4 is 0 Å². The molecule has 2 heteroatoms. The van der Waals surface area contributed by atoms with E-state index in [1.165, 1.54) is 38.5 Å². The highest BCUT2D eigenvalue weighted by atomic mass is 16.3. The van der Waals surface area contributed by atoms with Crippen LogP contribution in [-0.4, -0.2) is 23.8 Å². The van der Waals surface area contributed by atoms with Crippen LogP contribution in [0.15, 0.2) is 0 Å². The highest BCUT2D eigenvalue weighted by Crippen LogP contribution is 2.27. The molecule has 0 unspecified atom stereocenters. The van der Waals surface area contributed by atoms with Gasteiger partial charge in [0.25, 0.3) is 0 Å². The molecule has 0 aromatic heterocycles. The Bertz CT molecular complexity index is 149. The van der Waals surface area contributed by atoms with E-state index in [1.54, 1.807) is 0 Å². The van der Waals surface area contributed by atoms with Gasteiger partial charge in [-0.05, 0) is 38.0 Å². The summed E-state index contributed by atoms with van der Waals surface area (Å²) in [5, 5.41) is 12.7. The van der Waals surface area contributed by atoms with Crippen LogP contribution in [0.1, 0.15) is 58.8 Å². The van der Waals surface area contributed by atoms with Gasteiger partial charge in [-0.2, -0.15) is 0 Å². The minimum absolute atomic E-state index is 0.283. The molecule has 1 saturated carbocycles. The minimum atomic E-state index is 0.283. The molecule has 0 aliphatic heterocycles. The smallest absolute Gasteiger partial charge is 0.0584 e. The summed E-state index contributed by atoms with van der Waals surface area (Å²) in [6.07, 6.45) is 9.15. The van der Waals surface area contributed by atoms with Gasteiger partial charge in [0.05, 0.1) is 6.61 Å². The Morgan fingerprint density at radius 3 is 2.33 bits per heavy atom. The van der Waals surface area contributed by atoms with Crippen molar-refractivity contribution < 1.29 is 5.11 Å². The van der Waals surface area contributed by atoms with Crippen molar-refractivity contribution in [3.05, 3.63) is 0 Å². The average molecular weight is 213 g/mol. The quantitative estimate of drug-likeness (QED) is 0.711. The van der Waals surface area contributed by atoms with Gasteiger partial charge >= 0.3 is 0 Å². The highest BCUT2D eigenvalue weighted by molar-refractivity contribution is 4.79. The minimum Gasteiger partial charge on any atom is -0.395 e. The van der Waals surface area contributed by atoms with Gasteiger partial charge in [0.15, 0.2) is 0 Å². The van der Waals surface area contributed by atoms with Crippen LogP contribution >= 0.6 is 0 Å². The third-order valence-corrected chi connectivity index (χ3v) is 3.73. The van der Waals surface area contributed by atoms with Gasteiger partial charge in [-0.1, -0.05) is 26.7 Å². The van der Waals surface area contributed by atoms with Crippen LogP contribution in [0.5, 0.6) is 0 Å². The van der Waals surface area contributed by atoms with Gasteiger partial charge in [0.1, 0.15) is 0 Å². The molecule has 0 spiro atoms. The standard InChI is InChI=1S/C13H27NO/c1-3-5-11-6-8-13(9-7-11)14-12(4-2)10-15/h11-15H,3-10H2,1-2H3/t11?,12-,13?/m0/s1. The zero-order chi connectivity index (χ0) is 11.1. The molecule has 0 amide bonds. The lowest BCUT2D eigenvalue weighted by Gasteiger charge is -2.31. The maximum absolute atomic E-state index is 9.13. The molecule has 1 atom stereocenters. The highest BCUT2D eigenvalue weighted by Gasteiger charge is 2.21. The molecule has 2 N–H and O–H groups in total. The van der Waals surface area contributed by atoms with E-state index in [1.807, 2.05) is 0 Å². The van der Waals surface area contributed by atoms with Crippen LogP contribution in [0.3, 0.4) is 0 Å². The lowest BCUT2D eigenvalue weighted by molar-refractivity contribution is 0.201. The molecular formula is C13H27NO. The summed E-state index contributed by atoms with van der Waals surface area (Å²) in [5.74, 6) is 0.974. The maximum atomic E-state index is 9.13. The third-order valence-electron chi connectivity index (χ3n) is 3.73.